The zero-order valence-corrected chi connectivity index (χ0v) is 13.3. The molecule has 1 spiro atoms. The Morgan fingerprint density at radius 3 is 2.83 bits per heavy atom. The lowest BCUT2D eigenvalue weighted by Crippen LogP contribution is -2.46. The number of rotatable bonds is 1. The zero-order chi connectivity index (χ0) is 16.0. The molecule has 1 unspecified atom stereocenters. The van der Waals surface area contributed by atoms with Crippen LogP contribution in [-0.4, -0.2) is 33.0 Å². The fourth-order valence-corrected chi connectivity index (χ4v) is 4.02. The van der Waals surface area contributed by atoms with E-state index in [9.17, 15) is 0 Å². The molecule has 0 radical (unpaired) electrons. The topological polar surface area (TPSA) is 107 Å². The van der Waals surface area contributed by atoms with Crippen molar-refractivity contribution in [2.24, 2.45) is 0 Å². The number of aromatic nitrogens is 4. The third-order valence-electron chi connectivity index (χ3n) is 5.02. The van der Waals surface area contributed by atoms with Crippen LogP contribution in [0.2, 0.25) is 0 Å². The van der Waals surface area contributed by atoms with E-state index in [-0.39, 0.29) is 5.41 Å². The molecule has 1 aliphatic heterocycles. The van der Waals surface area contributed by atoms with Gasteiger partial charge in [0.2, 0.25) is 11.9 Å². The molecule has 4 rings (SSSR count). The number of nitrogen functional groups attached to an aromatic ring is 2. The molecule has 4 N–H and O–H groups in total. The van der Waals surface area contributed by atoms with E-state index in [4.69, 9.17) is 11.5 Å². The van der Waals surface area contributed by atoms with E-state index >= 15 is 0 Å². The van der Waals surface area contributed by atoms with E-state index in [2.05, 4.69) is 24.8 Å². The van der Waals surface area contributed by atoms with Crippen molar-refractivity contribution < 1.29 is 0 Å². The summed E-state index contributed by atoms with van der Waals surface area (Å²) in [6.07, 6.45) is 6.24. The van der Waals surface area contributed by atoms with Crippen LogP contribution >= 0.6 is 0 Å². The number of anilines is 3. The first kappa shape index (κ1) is 14.2. The fraction of sp³-hybridized carbons (Fsp3) is 0.500. The van der Waals surface area contributed by atoms with Gasteiger partial charge in [-0.2, -0.15) is 4.98 Å². The van der Waals surface area contributed by atoms with Crippen molar-refractivity contribution in [3.05, 3.63) is 29.2 Å². The zero-order valence-electron chi connectivity index (χ0n) is 13.3. The molecule has 2 aliphatic rings. The largest absolute Gasteiger partial charge is 0.368 e. The molecule has 0 amide bonds. The number of piperidine rings is 1. The van der Waals surface area contributed by atoms with Crippen LogP contribution in [0.3, 0.4) is 0 Å². The van der Waals surface area contributed by atoms with Crippen LogP contribution in [0.1, 0.15) is 36.2 Å². The standard InChI is InChI=1S/C16H21N7/c1-10-7-12(21-15(18)20-10)23-6-2-4-16(9-23)5-3-11-8-19-14(17)22-13(11)16/h7-8H,2-6,9H2,1H3,(H2,17,19,22)(H2,18,20,21). The Morgan fingerprint density at radius 1 is 1.13 bits per heavy atom. The molecule has 7 nitrogen and oxygen atoms in total. The maximum Gasteiger partial charge on any atom is 0.222 e. The lowest BCUT2D eigenvalue weighted by Gasteiger charge is -2.41. The number of hydrogen-bond acceptors (Lipinski definition) is 7. The molecule has 120 valence electrons. The molecule has 0 aromatic carbocycles. The van der Waals surface area contributed by atoms with Crippen LogP contribution in [-0.2, 0) is 11.8 Å². The molecule has 3 heterocycles. The molecule has 7 heteroatoms. The molecule has 2 aromatic heterocycles. The normalized spacial score (nSPS) is 23.3. The second-order valence-electron chi connectivity index (χ2n) is 6.63. The Hall–Kier alpha value is -2.44. The van der Waals surface area contributed by atoms with Crippen LogP contribution in [0.25, 0.3) is 0 Å². The average Bonchev–Trinajstić information content (AvgIpc) is 2.84. The smallest absolute Gasteiger partial charge is 0.222 e. The van der Waals surface area contributed by atoms with Gasteiger partial charge in [-0.25, -0.2) is 15.0 Å². The molecule has 2 aromatic rings. The number of aryl methyl sites for hydroxylation is 2. The van der Waals surface area contributed by atoms with Crippen LogP contribution in [0.5, 0.6) is 0 Å². The summed E-state index contributed by atoms with van der Waals surface area (Å²) < 4.78 is 0. The van der Waals surface area contributed by atoms with Gasteiger partial charge in [-0.3, -0.25) is 0 Å². The minimum Gasteiger partial charge on any atom is -0.368 e. The second kappa shape index (κ2) is 5.04. The highest BCUT2D eigenvalue weighted by atomic mass is 15.2. The summed E-state index contributed by atoms with van der Waals surface area (Å²) in [6, 6.07) is 2.00. The van der Waals surface area contributed by atoms with Crippen LogP contribution in [0.15, 0.2) is 12.3 Å². The molecule has 1 saturated heterocycles. The Kier molecular flexibility index (Phi) is 3.11. The molecule has 0 bridgehead atoms. The Balaban J connectivity index is 1.70. The van der Waals surface area contributed by atoms with Gasteiger partial charge in [0.25, 0.3) is 0 Å². The van der Waals surface area contributed by atoms with Gasteiger partial charge in [0.1, 0.15) is 5.82 Å². The first-order valence-corrected chi connectivity index (χ1v) is 8.04. The van der Waals surface area contributed by atoms with Crippen molar-refractivity contribution in [2.75, 3.05) is 29.5 Å². The maximum atomic E-state index is 5.83. The Labute approximate surface area is 135 Å². The lowest BCUT2D eigenvalue weighted by molar-refractivity contribution is 0.333. The van der Waals surface area contributed by atoms with Gasteiger partial charge >= 0.3 is 0 Å². The SMILES string of the molecule is Cc1cc(N2CCCC3(CCc4cnc(N)nc43)C2)nc(N)n1. The number of nitrogens with zero attached hydrogens (tertiary/aromatic N) is 5. The summed E-state index contributed by atoms with van der Waals surface area (Å²) in [7, 11) is 0. The van der Waals surface area contributed by atoms with Gasteiger partial charge in [0, 0.05) is 36.5 Å². The first-order valence-electron chi connectivity index (χ1n) is 8.04. The van der Waals surface area contributed by atoms with E-state index in [1.54, 1.807) is 0 Å². The highest BCUT2D eigenvalue weighted by Crippen LogP contribution is 2.44. The summed E-state index contributed by atoms with van der Waals surface area (Å²) in [4.78, 5) is 19.6. The van der Waals surface area contributed by atoms with Crippen molar-refractivity contribution in [2.45, 2.75) is 38.0 Å². The van der Waals surface area contributed by atoms with Crippen LogP contribution in [0, 0.1) is 6.92 Å². The van der Waals surface area contributed by atoms with E-state index < -0.39 is 0 Å². The van der Waals surface area contributed by atoms with Gasteiger partial charge < -0.3 is 16.4 Å². The van der Waals surface area contributed by atoms with E-state index in [1.165, 1.54) is 5.56 Å². The maximum absolute atomic E-state index is 5.83. The monoisotopic (exact) mass is 311 g/mol. The molecular formula is C16H21N7. The number of nitrogens with two attached hydrogens (primary N) is 2. The fourth-order valence-electron chi connectivity index (χ4n) is 4.02. The molecule has 23 heavy (non-hydrogen) atoms. The lowest BCUT2D eigenvalue weighted by atomic mass is 9.77. The molecule has 1 atom stereocenters. The van der Waals surface area contributed by atoms with E-state index in [0.29, 0.717) is 11.9 Å². The average molecular weight is 311 g/mol. The highest BCUT2D eigenvalue weighted by Gasteiger charge is 2.44. The van der Waals surface area contributed by atoms with Gasteiger partial charge in [-0.1, -0.05) is 0 Å². The van der Waals surface area contributed by atoms with Gasteiger partial charge in [-0.15, -0.1) is 0 Å². The van der Waals surface area contributed by atoms with E-state index in [0.717, 1.165) is 56.0 Å². The highest BCUT2D eigenvalue weighted by molar-refractivity contribution is 5.47. The number of fused-ring (bicyclic) bond motifs is 2. The predicted octanol–water partition coefficient (Wildman–Crippen LogP) is 1.22. The van der Waals surface area contributed by atoms with Crippen molar-refractivity contribution in [1.29, 1.82) is 0 Å². The van der Waals surface area contributed by atoms with Crippen molar-refractivity contribution in [1.82, 2.24) is 19.9 Å². The second-order valence-corrected chi connectivity index (χ2v) is 6.63. The molecule has 1 aliphatic carbocycles. The van der Waals surface area contributed by atoms with Crippen molar-refractivity contribution >= 4 is 17.7 Å². The minimum atomic E-state index is 0.0538. The molecule has 0 saturated carbocycles. The summed E-state index contributed by atoms with van der Waals surface area (Å²) in [6.45, 7) is 3.82. The van der Waals surface area contributed by atoms with Gasteiger partial charge in [0.05, 0.1) is 5.69 Å². The summed E-state index contributed by atoms with van der Waals surface area (Å²) >= 11 is 0. The van der Waals surface area contributed by atoms with Crippen molar-refractivity contribution in [3.8, 4) is 0 Å². The van der Waals surface area contributed by atoms with Crippen LogP contribution < -0.4 is 16.4 Å². The molecule has 1 fully saturated rings. The summed E-state index contributed by atoms with van der Waals surface area (Å²) in [5, 5.41) is 0. The third kappa shape index (κ3) is 2.36. The molecular weight excluding hydrogens is 290 g/mol. The van der Waals surface area contributed by atoms with Gasteiger partial charge in [-0.05, 0) is 38.2 Å². The summed E-state index contributed by atoms with van der Waals surface area (Å²) in [5.74, 6) is 1.60. The minimum absolute atomic E-state index is 0.0538. The van der Waals surface area contributed by atoms with E-state index in [1.807, 2.05) is 19.2 Å². The first-order chi connectivity index (χ1) is 11.1. The number of hydrogen-bond donors (Lipinski definition) is 2. The predicted molar refractivity (Wildman–Crippen MR) is 89.1 cm³/mol. The quantitative estimate of drug-likeness (QED) is 0.815. The Morgan fingerprint density at radius 2 is 2.00 bits per heavy atom. The van der Waals surface area contributed by atoms with Gasteiger partial charge in [0.15, 0.2) is 0 Å². The van der Waals surface area contributed by atoms with Crippen LogP contribution in [0.4, 0.5) is 17.7 Å². The van der Waals surface area contributed by atoms with Crippen molar-refractivity contribution in [3.63, 3.8) is 0 Å². The third-order valence-corrected chi connectivity index (χ3v) is 5.02. The summed E-state index contributed by atoms with van der Waals surface area (Å²) in [5.41, 5.74) is 15.0. The Bertz CT molecular complexity index is 736.